The van der Waals surface area contributed by atoms with Crippen LogP contribution in [0.25, 0.3) is 0 Å². The zero-order valence-electron chi connectivity index (χ0n) is 10.4. The van der Waals surface area contributed by atoms with Gasteiger partial charge in [0, 0.05) is 0 Å². The van der Waals surface area contributed by atoms with E-state index in [1.807, 2.05) is 0 Å². The van der Waals surface area contributed by atoms with Crippen molar-refractivity contribution in [3.05, 3.63) is 40.3 Å². The molecule has 0 fully saturated rings. The third-order valence-electron chi connectivity index (χ3n) is 2.24. The molecule has 0 aliphatic rings. The molecule has 2 aromatic heterocycles. The third kappa shape index (κ3) is 3.31. The Bertz CT molecular complexity index is 627. The Hall–Kier alpha value is -1.99. The van der Waals surface area contributed by atoms with Gasteiger partial charge in [0.2, 0.25) is 0 Å². The quantitative estimate of drug-likeness (QED) is 0.878. The summed E-state index contributed by atoms with van der Waals surface area (Å²) in [5.41, 5.74) is 0.421. The second-order valence-electron chi connectivity index (χ2n) is 3.56. The van der Waals surface area contributed by atoms with Crippen molar-refractivity contribution in [3.8, 4) is 0 Å². The Labute approximate surface area is 123 Å². The number of halogens is 1. The monoisotopic (exact) mass is 311 g/mol. The maximum absolute atomic E-state index is 12.0. The van der Waals surface area contributed by atoms with Gasteiger partial charge in [0.25, 0.3) is 5.91 Å². The predicted octanol–water partition coefficient (Wildman–Crippen LogP) is 2.62. The molecule has 1 N–H and O–H groups in total. The van der Waals surface area contributed by atoms with E-state index in [-0.39, 0.29) is 17.5 Å². The van der Waals surface area contributed by atoms with Crippen LogP contribution in [0.2, 0.25) is 5.15 Å². The van der Waals surface area contributed by atoms with Crippen molar-refractivity contribution < 1.29 is 14.3 Å². The Balaban J connectivity index is 2.14. The number of anilines is 1. The van der Waals surface area contributed by atoms with E-state index in [1.54, 1.807) is 18.4 Å². The van der Waals surface area contributed by atoms with Crippen LogP contribution < -0.4 is 5.32 Å². The van der Waals surface area contributed by atoms with Gasteiger partial charge >= 0.3 is 5.97 Å². The van der Waals surface area contributed by atoms with E-state index in [0.29, 0.717) is 10.6 Å². The van der Waals surface area contributed by atoms with Crippen LogP contribution in [0.5, 0.6) is 0 Å². The predicted molar refractivity (Wildman–Crippen MR) is 75.3 cm³/mol. The molecule has 2 aromatic rings. The molecule has 0 aromatic carbocycles. The third-order valence-corrected chi connectivity index (χ3v) is 3.27. The van der Waals surface area contributed by atoms with Crippen LogP contribution >= 0.6 is 22.9 Å². The second kappa shape index (κ2) is 6.44. The van der Waals surface area contributed by atoms with Gasteiger partial charge < -0.3 is 10.1 Å². The summed E-state index contributed by atoms with van der Waals surface area (Å²) in [6.07, 6.45) is 2.53. The fourth-order valence-corrected chi connectivity index (χ4v) is 2.24. The summed E-state index contributed by atoms with van der Waals surface area (Å²) in [5.74, 6) is -0.951. The van der Waals surface area contributed by atoms with Crippen LogP contribution in [0.15, 0.2) is 23.8 Å². The standard InChI is InChI=1S/C12H10ClN3O3S/c1-2-19-12(18)7-3-4-20-11(7)16-10(17)8-5-15-9(13)6-14-8/h3-6H,2H2,1H3,(H,16,17). The van der Waals surface area contributed by atoms with Crippen LogP contribution in [0.4, 0.5) is 5.00 Å². The smallest absolute Gasteiger partial charge is 0.341 e. The fraction of sp³-hybridized carbons (Fsp3) is 0.167. The van der Waals surface area contributed by atoms with E-state index < -0.39 is 11.9 Å². The summed E-state index contributed by atoms with van der Waals surface area (Å²) in [6.45, 7) is 1.98. The van der Waals surface area contributed by atoms with E-state index in [0.717, 1.165) is 0 Å². The SMILES string of the molecule is CCOC(=O)c1ccsc1NC(=O)c1cnc(Cl)cn1. The number of ether oxygens (including phenoxy) is 1. The zero-order valence-corrected chi connectivity index (χ0v) is 12.0. The summed E-state index contributed by atoms with van der Waals surface area (Å²) in [4.78, 5) is 31.3. The first kappa shape index (κ1) is 14.4. The number of esters is 1. The Morgan fingerprint density at radius 2 is 2.20 bits per heavy atom. The number of nitrogens with zero attached hydrogens (tertiary/aromatic N) is 2. The van der Waals surface area contributed by atoms with E-state index in [9.17, 15) is 9.59 Å². The van der Waals surface area contributed by atoms with E-state index in [2.05, 4.69) is 15.3 Å². The normalized spacial score (nSPS) is 10.1. The van der Waals surface area contributed by atoms with Gasteiger partial charge in [-0.2, -0.15) is 0 Å². The van der Waals surface area contributed by atoms with Crippen molar-refractivity contribution in [2.75, 3.05) is 11.9 Å². The molecule has 2 rings (SSSR count). The van der Waals surface area contributed by atoms with Crippen molar-refractivity contribution in [2.24, 2.45) is 0 Å². The van der Waals surface area contributed by atoms with Gasteiger partial charge in [0.15, 0.2) is 0 Å². The minimum Gasteiger partial charge on any atom is -0.462 e. The summed E-state index contributed by atoms with van der Waals surface area (Å²) < 4.78 is 4.90. The first-order valence-corrected chi connectivity index (χ1v) is 6.91. The number of carbonyl (C=O) groups excluding carboxylic acids is 2. The molecule has 0 spiro atoms. The van der Waals surface area contributed by atoms with Crippen molar-refractivity contribution in [3.63, 3.8) is 0 Å². The maximum atomic E-state index is 12.0. The van der Waals surface area contributed by atoms with E-state index in [4.69, 9.17) is 16.3 Å². The lowest BCUT2D eigenvalue weighted by atomic mass is 10.3. The van der Waals surface area contributed by atoms with Gasteiger partial charge in [-0.05, 0) is 18.4 Å². The first-order valence-electron chi connectivity index (χ1n) is 5.65. The number of carbonyl (C=O) groups is 2. The average Bonchev–Trinajstić information content (AvgIpc) is 2.88. The van der Waals surface area contributed by atoms with Crippen LogP contribution in [-0.4, -0.2) is 28.5 Å². The summed E-state index contributed by atoms with van der Waals surface area (Å²) >= 11 is 6.82. The van der Waals surface area contributed by atoms with Crippen LogP contribution in [-0.2, 0) is 4.74 Å². The maximum Gasteiger partial charge on any atom is 0.341 e. The van der Waals surface area contributed by atoms with Crippen molar-refractivity contribution in [2.45, 2.75) is 6.92 Å². The molecular weight excluding hydrogens is 302 g/mol. The molecule has 8 heteroatoms. The number of amides is 1. The number of hydrogen-bond acceptors (Lipinski definition) is 6. The van der Waals surface area contributed by atoms with Gasteiger partial charge in [-0.25, -0.2) is 14.8 Å². The summed E-state index contributed by atoms with van der Waals surface area (Å²) in [5, 5.41) is 4.90. The lowest BCUT2D eigenvalue weighted by Gasteiger charge is -2.05. The molecule has 0 radical (unpaired) electrons. The van der Waals surface area contributed by atoms with Gasteiger partial charge in [-0.3, -0.25) is 4.79 Å². The molecule has 0 saturated heterocycles. The Kier molecular flexibility index (Phi) is 4.65. The number of thiophene rings is 1. The van der Waals surface area contributed by atoms with Gasteiger partial charge in [-0.15, -0.1) is 11.3 Å². The van der Waals surface area contributed by atoms with Gasteiger partial charge in [0.05, 0.1) is 24.6 Å². The molecule has 1 amide bonds. The van der Waals surface area contributed by atoms with E-state index in [1.165, 1.54) is 23.7 Å². The summed E-state index contributed by atoms with van der Waals surface area (Å²) in [7, 11) is 0. The molecule has 0 unspecified atom stereocenters. The van der Waals surface area contributed by atoms with Crippen molar-refractivity contribution in [1.82, 2.24) is 9.97 Å². The van der Waals surface area contributed by atoms with Gasteiger partial charge in [0.1, 0.15) is 15.8 Å². The number of rotatable bonds is 4. The number of nitrogens with one attached hydrogen (secondary N) is 1. The van der Waals surface area contributed by atoms with Crippen molar-refractivity contribution >= 4 is 39.8 Å². The molecule has 2 heterocycles. The molecule has 104 valence electrons. The fourth-order valence-electron chi connectivity index (χ4n) is 1.37. The largest absolute Gasteiger partial charge is 0.462 e. The van der Waals surface area contributed by atoms with Gasteiger partial charge in [-0.1, -0.05) is 11.6 Å². The highest BCUT2D eigenvalue weighted by molar-refractivity contribution is 7.14. The highest BCUT2D eigenvalue weighted by Gasteiger charge is 2.17. The average molecular weight is 312 g/mol. The Morgan fingerprint density at radius 1 is 1.40 bits per heavy atom. The molecule has 6 nitrogen and oxygen atoms in total. The lowest BCUT2D eigenvalue weighted by molar-refractivity contribution is 0.0528. The molecule has 0 bridgehead atoms. The summed E-state index contributed by atoms with van der Waals surface area (Å²) in [6, 6.07) is 1.59. The first-order chi connectivity index (χ1) is 9.61. The van der Waals surface area contributed by atoms with Crippen molar-refractivity contribution in [1.29, 1.82) is 0 Å². The number of hydrogen-bond donors (Lipinski definition) is 1. The molecule has 0 atom stereocenters. The molecule has 0 aliphatic heterocycles. The van der Waals surface area contributed by atoms with Crippen LogP contribution in [0.1, 0.15) is 27.8 Å². The minimum atomic E-state index is -0.480. The zero-order chi connectivity index (χ0) is 14.5. The second-order valence-corrected chi connectivity index (χ2v) is 4.87. The van der Waals surface area contributed by atoms with E-state index >= 15 is 0 Å². The topological polar surface area (TPSA) is 81.2 Å². The molecule has 20 heavy (non-hydrogen) atoms. The Morgan fingerprint density at radius 3 is 2.85 bits per heavy atom. The van der Waals surface area contributed by atoms with Crippen LogP contribution in [0, 0.1) is 0 Å². The number of aromatic nitrogens is 2. The molecule has 0 aliphatic carbocycles. The molecular formula is C12H10ClN3O3S. The molecule has 0 saturated carbocycles. The minimum absolute atomic E-state index is 0.109. The highest BCUT2D eigenvalue weighted by Crippen LogP contribution is 2.24. The highest BCUT2D eigenvalue weighted by atomic mass is 35.5. The van der Waals surface area contributed by atoms with Crippen LogP contribution in [0.3, 0.4) is 0 Å². The lowest BCUT2D eigenvalue weighted by Crippen LogP contribution is -2.15.